The van der Waals surface area contributed by atoms with Crippen LogP contribution < -0.4 is 14.2 Å². The van der Waals surface area contributed by atoms with Crippen LogP contribution in [0.2, 0.25) is 5.02 Å². The van der Waals surface area contributed by atoms with Gasteiger partial charge in [-0.2, -0.15) is 5.10 Å². The van der Waals surface area contributed by atoms with Crippen LogP contribution in [0, 0.1) is 0 Å². The summed E-state index contributed by atoms with van der Waals surface area (Å²) < 4.78 is 17.3. The van der Waals surface area contributed by atoms with Gasteiger partial charge in [0.1, 0.15) is 11.4 Å². The van der Waals surface area contributed by atoms with Crippen molar-refractivity contribution in [2.45, 2.75) is 39.3 Å². The van der Waals surface area contributed by atoms with Crippen molar-refractivity contribution in [2.75, 3.05) is 20.3 Å². The number of aromatic amines is 1. The molecule has 0 radical (unpaired) electrons. The monoisotopic (exact) mass is 545 g/mol. The first-order chi connectivity index (χ1) is 19.0. The summed E-state index contributed by atoms with van der Waals surface area (Å²) in [4.78, 5) is 15.7. The summed E-state index contributed by atoms with van der Waals surface area (Å²) in [6, 6.07) is 20.8. The van der Waals surface area contributed by atoms with Gasteiger partial charge in [-0.3, -0.25) is 9.89 Å². The Morgan fingerprint density at radius 2 is 1.79 bits per heavy atom. The highest BCUT2D eigenvalue weighted by atomic mass is 35.5. The quantitative estimate of drug-likeness (QED) is 0.204. The smallest absolute Gasteiger partial charge is 0.273 e. The Bertz CT molecular complexity index is 1450. The minimum absolute atomic E-state index is 0.136. The van der Waals surface area contributed by atoms with Crippen LogP contribution in [0.15, 0.2) is 66.7 Å². The van der Waals surface area contributed by atoms with E-state index in [0.29, 0.717) is 47.7 Å². The maximum atomic E-state index is 13.8. The second-order valence-electron chi connectivity index (χ2n) is 9.36. The molecule has 1 aromatic heterocycles. The summed E-state index contributed by atoms with van der Waals surface area (Å²) in [6.07, 6.45) is 2.00. The van der Waals surface area contributed by atoms with Gasteiger partial charge in [-0.25, -0.2) is 0 Å². The molecule has 2 heterocycles. The molecule has 0 fully saturated rings. The van der Waals surface area contributed by atoms with Crippen molar-refractivity contribution in [1.82, 2.24) is 15.1 Å². The average molecular weight is 546 g/mol. The topological polar surface area (TPSA) is 76.7 Å². The molecule has 0 spiro atoms. The van der Waals surface area contributed by atoms with Crippen LogP contribution >= 0.6 is 11.6 Å². The van der Waals surface area contributed by atoms with Gasteiger partial charge < -0.3 is 19.1 Å². The minimum atomic E-state index is -0.413. The van der Waals surface area contributed by atoms with Crippen molar-refractivity contribution in [2.24, 2.45) is 0 Å². The lowest BCUT2D eigenvalue weighted by atomic mass is 9.95. The number of hydrogen-bond acceptors (Lipinski definition) is 5. The predicted octanol–water partition coefficient (Wildman–Crippen LogP) is 7.06. The standard InChI is InChI=1S/C31H32ClN3O4/c1-4-6-17-39-25-16-13-21(18-26(25)38-5-2)30-27-28(20-11-14-23(37-3)15-12-20)33-34-29(27)31(36)35(30)19-22-9-7-8-10-24(22)32/h7-16,18,30H,4-6,17,19H2,1-3H3,(H,33,34). The number of nitrogens with zero attached hydrogens (tertiary/aromatic N) is 2. The first-order valence-corrected chi connectivity index (χ1v) is 13.6. The SMILES string of the molecule is CCCCOc1ccc(C2c3c(-c4ccc(OC)cc4)n[nH]c3C(=O)N2Cc2ccccc2Cl)cc1OCC. The maximum absolute atomic E-state index is 13.8. The highest BCUT2D eigenvalue weighted by Crippen LogP contribution is 2.45. The van der Waals surface area contributed by atoms with Crippen molar-refractivity contribution in [3.05, 3.63) is 94.1 Å². The molecule has 0 aliphatic carbocycles. The minimum Gasteiger partial charge on any atom is -0.497 e. The van der Waals surface area contributed by atoms with Crippen molar-refractivity contribution in [3.8, 4) is 28.5 Å². The van der Waals surface area contributed by atoms with Crippen LogP contribution in [0.5, 0.6) is 17.2 Å². The number of unbranched alkanes of at least 4 members (excludes halogenated alkanes) is 1. The van der Waals surface area contributed by atoms with E-state index in [1.807, 2.05) is 78.6 Å². The van der Waals surface area contributed by atoms with E-state index in [1.165, 1.54) is 0 Å². The molecule has 7 nitrogen and oxygen atoms in total. The Hall–Kier alpha value is -3.97. The number of carbonyl (C=O) groups excluding carboxylic acids is 1. The molecule has 0 bridgehead atoms. The third kappa shape index (κ3) is 5.32. The third-order valence-electron chi connectivity index (χ3n) is 6.86. The number of amides is 1. The normalized spacial score (nSPS) is 14.4. The molecule has 3 aromatic carbocycles. The number of fused-ring (bicyclic) bond motifs is 1. The fourth-order valence-corrected chi connectivity index (χ4v) is 5.09. The molecule has 0 saturated heterocycles. The number of rotatable bonds is 11. The van der Waals surface area contributed by atoms with Crippen LogP contribution in [-0.2, 0) is 6.54 Å². The first kappa shape index (κ1) is 26.6. The number of aromatic nitrogens is 2. The lowest BCUT2D eigenvalue weighted by molar-refractivity contribution is 0.0730. The number of H-pyrrole nitrogens is 1. The van der Waals surface area contributed by atoms with E-state index in [2.05, 4.69) is 17.1 Å². The van der Waals surface area contributed by atoms with Crippen molar-refractivity contribution >= 4 is 17.5 Å². The van der Waals surface area contributed by atoms with Gasteiger partial charge in [0, 0.05) is 22.7 Å². The molecule has 202 valence electrons. The fourth-order valence-electron chi connectivity index (χ4n) is 4.89. The maximum Gasteiger partial charge on any atom is 0.273 e. The van der Waals surface area contributed by atoms with Gasteiger partial charge in [0.15, 0.2) is 11.5 Å². The molecule has 4 aromatic rings. The Morgan fingerprint density at radius 3 is 2.51 bits per heavy atom. The van der Waals surface area contributed by atoms with Crippen molar-refractivity contribution in [1.29, 1.82) is 0 Å². The molecular weight excluding hydrogens is 514 g/mol. The van der Waals surface area contributed by atoms with Crippen molar-refractivity contribution < 1.29 is 19.0 Å². The van der Waals surface area contributed by atoms with E-state index in [4.69, 9.17) is 25.8 Å². The average Bonchev–Trinajstić information content (AvgIpc) is 3.50. The van der Waals surface area contributed by atoms with Gasteiger partial charge in [0.25, 0.3) is 5.91 Å². The largest absolute Gasteiger partial charge is 0.497 e. The molecular formula is C31H32ClN3O4. The zero-order valence-corrected chi connectivity index (χ0v) is 23.1. The second-order valence-corrected chi connectivity index (χ2v) is 9.76. The predicted molar refractivity (Wildman–Crippen MR) is 152 cm³/mol. The third-order valence-corrected chi connectivity index (χ3v) is 7.23. The Kier molecular flexibility index (Phi) is 8.07. The molecule has 8 heteroatoms. The van der Waals surface area contributed by atoms with Gasteiger partial charge in [-0.15, -0.1) is 0 Å². The molecule has 1 aliphatic heterocycles. The first-order valence-electron chi connectivity index (χ1n) is 13.2. The lowest BCUT2D eigenvalue weighted by Crippen LogP contribution is -2.29. The number of methoxy groups -OCH3 is 1. The molecule has 1 atom stereocenters. The van der Waals surface area contributed by atoms with Gasteiger partial charge in [0.2, 0.25) is 0 Å². The van der Waals surface area contributed by atoms with Gasteiger partial charge in [0.05, 0.1) is 32.1 Å². The van der Waals surface area contributed by atoms with E-state index in [1.54, 1.807) is 7.11 Å². The zero-order chi connectivity index (χ0) is 27.4. The van der Waals surface area contributed by atoms with Crippen LogP contribution in [0.3, 0.4) is 0 Å². The summed E-state index contributed by atoms with van der Waals surface area (Å²) in [6.45, 7) is 5.52. The molecule has 5 rings (SSSR count). The Balaban J connectivity index is 1.61. The van der Waals surface area contributed by atoms with Gasteiger partial charge >= 0.3 is 0 Å². The highest BCUT2D eigenvalue weighted by Gasteiger charge is 2.42. The number of halogens is 1. The number of nitrogens with one attached hydrogen (secondary N) is 1. The Labute approximate surface area is 233 Å². The highest BCUT2D eigenvalue weighted by molar-refractivity contribution is 6.31. The van der Waals surface area contributed by atoms with Crippen LogP contribution in [0.25, 0.3) is 11.3 Å². The van der Waals surface area contributed by atoms with E-state index in [0.717, 1.165) is 40.8 Å². The molecule has 1 aliphatic rings. The summed E-state index contributed by atoms with van der Waals surface area (Å²) in [7, 11) is 1.63. The molecule has 39 heavy (non-hydrogen) atoms. The summed E-state index contributed by atoms with van der Waals surface area (Å²) in [5.74, 6) is 1.96. The van der Waals surface area contributed by atoms with Gasteiger partial charge in [-0.05, 0) is 66.9 Å². The van der Waals surface area contributed by atoms with Crippen molar-refractivity contribution in [3.63, 3.8) is 0 Å². The lowest BCUT2D eigenvalue weighted by Gasteiger charge is -2.27. The molecule has 1 amide bonds. The van der Waals surface area contributed by atoms with E-state index in [9.17, 15) is 4.79 Å². The molecule has 0 saturated carbocycles. The Morgan fingerprint density at radius 1 is 1.00 bits per heavy atom. The zero-order valence-electron chi connectivity index (χ0n) is 22.4. The van der Waals surface area contributed by atoms with Gasteiger partial charge in [-0.1, -0.05) is 49.2 Å². The summed E-state index contributed by atoms with van der Waals surface area (Å²) >= 11 is 6.53. The van der Waals surface area contributed by atoms with E-state index < -0.39 is 6.04 Å². The van der Waals surface area contributed by atoms with E-state index >= 15 is 0 Å². The summed E-state index contributed by atoms with van der Waals surface area (Å²) in [5.41, 5.74) is 4.66. The number of carbonyl (C=O) groups is 1. The van der Waals surface area contributed by atoms with Crippen LogP contribution in [-0.4, -0.2) is 41.3 Å². The fraction of sp³-hybridized carbons (Fsp3) is 0.290. The number of benzene rings is 3. The van der Waals surface area contributed by atoms with Crippen LogP contribution in [0.4, 0.5) is 0 Å². The number of ether oxygens (including phenoxy) is 3. The molecule has 1 unspecified atom stereocenters. The summed E-state index contributed by atoms with van der Waals surface area (Å²) in [5, 5.41) is 8.21. The van der Waals surface area contributed by atoms with Crippen LogP contribution in [0.1, 0.15) is 59.9 Å². The number of hydrogen-bond donors (Lipinski definition) is 1. The van der Waals surface area contributed by atoms with E-state index in [-0.39, 0.29) is 5.91 Å². The second kappa shape index (κ2) is 11.8. The molecule has 1 N–H and O–H groups in total.